The minimum Gasteiger partial charge on any atom is -0.392 e. The molecule has 3 N–H and O–H groups in total. The molecule has 1 fully saturated rings. The van der Waals surface area contributed by atoms with E-state index in [2.05, 4.69) is 32.4 Å². The summed E-state index contributed by atoms with van der Waals surface area (Å²) in [7, 11) is -1.87. The molecule has 0 aliphatic carbocycles. The lowest BCUT2D eigenvalue weighted by Crippen LogP contribution is -2.41. The third kappa shape index (κ3) is 9.77. The average molecular weight is 618 g/mol. The van der Waals surface area contributed by atoms with Crippen molar-refractivity contribution in [2.45, 2.75) is 51.4 Å². The van der Waals surface area contributed by atoms with Gasteiger partial charge in [0.2, 0.25) is 10.0 Å². The van der Waals surface area contributed by atoms with E-state index < -0.39 is 21.7 Å². The topological polar surface area (TPSA) is 104 Å². The number of hydrogen-bond donors (Lipinski definition) is 3. The van der Waals surface area contributed by atoms with Gasteiger partial charge in [0.15, 0.2) is 6.29 Å². The van der Waals surface area contributed by atoms with Crippen molar-refractivity contribution in [3.05, 3.63) is 72.1 Å². The second kappa shape index (κ2) is 15.3. The number of rotatable bonds is 13. The van der Waals surface area contributed by atoms with Gasteiger partial charge >= 0.3 is 0 Å². The molecule has 0 spiro atoms. The second-order valence-corrected chi connectivity index (χ2v) is 12.6. The maximum Gasteiger partial charge on any atom is 0.229 e. The van der Waals surface area contributed by atoms with Gasteiger partial charge in [0.1, 0.15) is 11.6 Å². The van der Waals surface area contributed by atoms with Gasteiger partial charge in [0, 0.05) is 48.9 Å². The van der Waals surface area contributed by atoms with Crippen LogP contribution in [0.4, 0.5) is 14.5 Å². The summed E-state index contributed by atoms with van der Waals surface area (Å²) >= 11 is 0. The first-order chi connectivity index (χ1) is 20.6. The molecule has 43 heavy (non-hydrogen) atoms. The van der Waals surface area contributed by atoms with E-state index in [9.17, 15) is 17.2 Å². The average Bonchev–Trinajstić information content (AvgIpc) is 2.95. The van der Waals surface area contributed by atoms with Crippen LogP contribution in [0.5, 0.6) is 0 Å². The number of benzene rings is 2. The highest BCUT2D eigenvalue weighted by atomic mass is 32.2. The van der Waals surface area contributed by atoms with E-state index >= 15 is 0 Å². The lowest BCUT2D eigenvalue weighted by molar-refractivity contribution is -0.165. The van der Waals surface area contributed by atoms with E-state index in [1.165, 1.54) is 12.1 Å². The van der Waals surface area contributed by atoms with E-state index in [4.69, 9.17) is 9.47 Å². The van der Waals surface area contributed by atoms with Crippen molar-refractivity contribution in [2.75, 3.05) is 37.8 Å². The number of sulfonamides is 1. The highest BCUT2D eigenvalue weighted by molar-refractivity contribution is 7.92. The Bertz CT molecular complexity index is 1430. The molecule has 234 valence electrons. The normalized spacial score (nSPS) is 21.3. The lowest BCUT2D eigenvalue weighted by atomic mass is 9.94. The maximum absolute atomic E-state index is 14.7. The van der Waals surface area contributed by atoms with Gasteiger partial charge in [-0.25, -0.2) is 17.2 Å². The van der Waals surface area contributed by atoms with Gasteiger partial charge in [-0.05, 0) is 80.1 Å². The van der Waals surface area contributed by atoms with Gasteiger partial charge in [-0.1, -0.05) is 13.0 Å². The van der Waals surface area contributed by atoms with Gasteiger partial charge in [0.05, 0.1) is 31.1 Å². The smallest absolute Gasteiger partial charge is 0.229 e. The van der Waals surface area contributed by atoms with Crippen molar-refractivity contribution in [1.29, 1.82) is 0 Å². The number of ether oxygens (including phenoxy) is 2. The number of nitrogens with zero attached hydrogens (tertiary/aromatic N) is 2. The lowest BCUT2D eigenvalue weighted by Gasteiger charge is -2.36. The summed E-state index contributed by atoms with van der Waals surface area (Å²) < 4.78 is 66.4. The largest absolute Gasteiger partial charge is 0.392 e. The van der Waals surface area contributed by atoms with E-state index in [0.717, 1.165) is 57.1 Å². The predicted molar refractivity (Wildman–Crippen MR) is 166 cm³/mol. The molecule has 2 aromatic carbocycles. The predicted octanol–water partition coefficient (Wildman–Crippen LogP) is 5.25. The molecular weight excluding hydrogens is 576 g/mol. The van der Waals surface area contributed by atoms with Crippen molar-refractivity contribution < 1.29 is 26.7 Å². The SMILES string of the molecule is CN/C=C(\N/C=C\C[C@H]1C(C)CC=NN1CCOC1CCCCO1)c1cc(NS(C)(=O)=O)cc(-c2ccc(F)cc2F)c1. The van der Waals surface area contributed by atoms with Crippen LogP contribution in [0, 0.1) is 17.6 Å². The summed E-state index contributed by atoms with van der Waals surface area (Å²) in [5.74, 6) is -1.05. The van der Waals surface area contributed by atoms with Crippen LogP contribution in [0.3, 0.4) is 0 Å². The molecule has 2 aliphatic rings. The highest BCUT2D eigenvalue weighted by Gasteiger charge is 2.25. The Morgan fingerprint density at radius 2 is 2.05 bits per heavy atom. The number of hydrogen-bond acceptors (Lipinski definition) is 8. The molecule has 2 heterocycles. The number of halogens is 2. The Morgan fingerprint density at radius 3 is 2.77 bits per heavy atom. The second-order valence-electron chi connectivity index (χ2n) is 10.8. The summed E-state index contributed by atoms with van der Waals surface area (Å²) in [5, 5.41) is 13.0. The summed E-state index contributed by atoms with van der Waals surface area (Å²) in [6, 6.07) is 8.34. The van der Waals surface area contributed by atoms with Crippen LogP contribution in [0.1, 0.15) is 44.6 Å². The van der Waals surface area contributed by atoms with Crippen molar-refractivity contribution in [3.8, 4) is 11.1 Å². The fraction of sp³-hybridized carbons (Fsp3) is 0.452. The Kier molecular flexibility index (Phi) is 11.5. The summed E-state index contributed by atoms with van der Waals surface area (Å²) in [5.41, 5.74) is 1.99. The molecular formula is C31H41F2N5O4S. The van der Waals surface area contributed by atoms with Gasteiger partial charge in [-0.3, -0.25) is 9.73 Å². The van der Waals surface area contributed by atoms with Gasteiger partial charge < -0.3 is 20.1 Å². The van der Waals surface area contributed by atoms with Crippen LogP contribution in [-0.4, -0.2) is 65.0 Å². The van der Waals surface area contributed by atoms with Crippen LogP contribution in [0.2, 0.25) is 0 Å². The molecule has 0 saturated carbocycles. The van der Waals surface area contributed by atoms with Crippen LogP contribution >= 0.6 is 0 Å². The van der Waals surface area contributed by atoms with Crippen LogP contribution in [-0.2, 0) is 19.5 Å². The third-order valence-electron chi connectivity index (χ3n) is 7.32. The molecule has 0 amide bonds. The molecule has 2 aromatic rings. The zero-order valence-corrected chi connectivity index (χ0v) is 25.7. The van der Waals surface area contributed by atoms with E-state index in [0.29, 0.717) is 35.9 Å². The van der Waals surface area contributed by atoms with Gasteiger partial charge in [-0.15, -0.1) is 0 Å². The highest BCUT2D eigenvalue weighted by Crippen LogP contribution is 2.30. The van der Waals surface area contributed by atoms with Crippen molar-refractivity contribution >= 4 is 27.6 Å². The molecule has 4 rings (SSSR count). The summed E-state index contributed by atoms with van der Waals surface area (Å²) in [6.07, 6.45) is 13.2. The minimum absolute atomic E-state index is 0.133. The third-order valence-corrected chi connectivity index (χ3v) is 7.93. The number of anilines is 1. The molecule has 3 atom stereocenters. The minimum atomic E-state index is -3.61. The van der Waals surface area contributed by atoms with Gasteiger partial charge in [0.25, 0.3) is 0 Å². The van der Waals surface area contributed by atoms with Crippen LogP contribution < -0.4 is 15.4 Å². The van der Waals surface area contributed by atoms with Crippen molar-refractivity contribution in [3.63, 3.8) is 0 Å². The summed E-state index contributed by atoms with van der Waals surface area (Å²) in [6.45, 7) is 4.16. The van der Waals surface area contributed by atoms with Crippen molar-refractivity contribution in [2.24, 2.45) is 11.0 Å². The zero-order chi connectivity index (χ0) is 30.8. The molecule has 0 aromatic heterocycles. The molecule has 12 heteroatoms. The van der Waals surface area contributed by atoms with Crippen molar-refractivity contribution in [1.82, 2.24) is 15.6 Å². The van der Waals surface area contributed by atoms with E-state index in [-0.39, 0.29) is 23.6 Å². The van der Waals surface area contributed by atoms with Crippen LogP contribution in [0.15, 0.2) is 60.0 Å². The first kappa shape index (κ1) is 32.4. The Hall–Kier alpha value is -3.48. The molecule has 9 nitrogen and oxygen atoms in total. The standard InChI is InChI=1S/C31H41F2N5O4S/c1-22-11-13-36-38(14-16-42-31-8-4-5-15-41-31)30(22)7-6-12-35-29(21-34-2)24-17-23(18-26(19-24)37-43(3,39)40)27-10-9-25(32)20-28(27)33/h6,9-10,12-13,17-22,30-31,34-35,37H,4-5,7-8,11,14-16H2,1-3H3/b12-6-,29-21-/t22?,30-,31?/m0/s1. The Labute approximate surface area is 253 Å². The number of nitrogens with one attached hydrogen (secondary N) is 3. The molecule has 0 radical (unpaired) electrons. The fourth-order valence-corrected chi connectivity index (χ4v) is 5.74. The molecule has 1 saturated heterocycles. The fourth-order valence-electron chi connectivity index (χ4n) is 5.20. The maximum atomic E-state index is 14.7. The monoisotopic (exact) mass is 617 g/mol. The Morgan fingerprint density at radius 1 is 1.21 bits per heavy atom. The quantitative estimate of drug-likeness (QED) is 0.282. The van der Waals surface area contributed by atoms with Crippen LogP contribution in [0.25, 0.3) is 16.8 Å². The summed E-state index contributed by atoms with van der Waals surface area (Å²) in [4.78, 5) is 0. The number of hydrazone groups is 1. The molecule has 2 unspecified atom stereocenters. The van der Waals surface area contributed by atoms with E-state index in [1.807, 2.05) is 18.5 Å². The Balaban J connectivity index is 1.47. The zero-order valence-electron chi connectivity index (χ0n) is 24.9. The molecule has 0 bridgehead atoms. The first-order valence-corrected chi connectivity index (χ1v) is 16.4. The van der Waals surface area contributed by atoms with Gasteiger partial charge in [-0.2, -0.15) is 5.10 Å². The van der Waals surface area contributed by atoms with E-state index in [1.54, 1.807) is 25.4 Å². The molecule has 2 aliphatic heterocycles. The first-order valence-electron chi connectivity index (χ1n) is 14.5.